The minimum absolute atomic E-state index is 0.128. The van der Waals surface area contributed by atoms with Crippen LogP contribution in [0, 0.1) is 0 Å². The first-order valence-corrected chi connectivity index (χ1v) is 11.6. The van der Waals surface area contributed by atoms with Crippen molar-refractivity contribution in [3.05, 3.63) is 71.9 Å². The summed E-state index contributed by atoms with van der Waals surface area (Å²) in [6.07, 6.45) is 2.11. The summed E-state index contributed by atoms with van der Waals surface area (Å²) in [6, 6.07) is 17.3. The number of H-pyrrole nitrogens is 1. The molecule has 9 heteroatoms. The van der Waals surface area contributed by atoms with Gasteiger partial charge in [0.15, 0.2) is 6.10 Å². The SMILES string of the molecule is O=C(NC1(C(=O)NCC2CC(Br)=NO2)C[C@H]1c1c[nH]c2ccccc12)OCc1ccccc1. The van der Waals surface area contributed by atoms with Gasteiger partial charge in [0.05, 0.1) is 6.54 Å². The molecule has 0 bridgehead atoms. The average molecular weight is 511 g/mol. The Kier molecular flexibility index (Phi) is 5.80. The molecule has 2 unspecified atom stereocenters. The summed E-state index contributed by atoms with van der Waals surface area (Å²) in [4.78, 5) is 34.5. The molecule has 1 saturated carbocycles. The molecule has 0 saturated heterocycles. The fraction of sp³-hybridized carbons (Fsp3) is 0.292. The summed E-state index contributed by atoms with van der Waals surface area (Å²) in [5.41, 5.74) is 1.77. The molecule has 1 fully saturated rings. The normalized spacial score (nSPS) is 23.5. The van der Waals surface area contributed by atoms with E-state index in [9.17, 15) is 9.59 Å². The number of rotatable bonds is 7. The van der Waals surface area contributed by atoms with E-state index in [2.05, 4.69) is 36.7 Å². The van der Waals surface area contributed by atoms with Crippen LogP contribution in [-0.2, 0) is 21.0 Å². The number of halogens is 1. The maximum Gasteiger partial charge on any atom is 0.408 e. The van der Waals surface area contributed by atoms with E-state index in [1.165, 1.54) is 0 Å². The number of hydrogen-bond acceptors (Lipinski definition) is 5. The van der Waals surface area contributed by atoms with Crippen LogP contribution in [0.5, 0.6) is 0 Å². The number of hydrogen-bond donors (Lipinski definition) is 3. The van der Waals surface area contributed by atoms with Gasteiger partial charge in [-0.05, 0) is 39.5 Å². The van der Waals surface area contributed by atoms with Crippen LogP contribution in [0.3, 0.4) is 0 Å². The summed E-state index contributed by atoms with van der Waals surface area (Å²) in [5.74, 6) is -0.438. The minimum atomic E-state index is -1.09. The van der Waals surface area contributed by atoms with Crippen molar-refractivity contribution in [3.8, 4) is 0 Å². The molecule has 5 rings (SSSR count). The highest BCUT2D eigenvalue weighted by atomic mass is 79.9. The molecule has 1 aliphatic carbocycles. The number of carbonyl (C=O) groups is 2. The first-order valence-electron chi connectivity index (χ1n) is 10.8. The summed E-state index contributed by atoms with van der Waals surface area (Å²) < 4.78 is 6.12. The number of aromatic nitrogens is 1. The third kappa shape index (κ3) is 4.45. The molecule has 2 heterocycles. The number of nitrogens with zero attached hydrogens (tertiary/aromatic N) is 1. The predicted molar refractivity (Wildman–Crippen MR) is 127 cm³/mol. The minimum Gasteiger partial charge on any atom is -0.445 e. The number of fused-ring (bicyclic) bond motifs is 1. The van der Waals surface area contributed by atoms with Crippen molar-refractivity contribution in [2.24, 2.45) is 5.16 Å². The van der Waals surface area contributed by atoms with Gasteiger partial charge in [-0.15, -0.1) is 0 Å². The highest BCUT2D eigenvalue weighted by Crippen LogP contribution is 2.53. The molecule has 2 aromatic carbocycles. The van der Waals surface area contributed by atoms with Crippen molar-refractivity contribution in [2.45, 2.75) is 37.0 Å². The van der Waals surface area contributed by atoms with Crippen LogP contribution in [0.1, 0.15) is 29.9 Å². The molecular weight excluding hydrogens is 488 g/mol. The number of nitrogens with one attached hydrogen (secondary N) is 3. The van der Waals surface area contributed by atoms with Gasteiger partial charge < -0.3 is 25.2 Å². The van der Waals surface area contributed by atoms with E-state index in [0.717, 1.165) is 22.0 Å². The van der Waals surface area contributed by atoms with Crippen molar-refractivity contribution >= 4 is 43.5 Å². The molecule has 2 aliphatic rings. The number of oxime groups is 1. The Labute approximate surface area is 198 Å². The Morgan fingerprint density at radius 2 is 1.97 bits per heavy atom. The first-order chi connectivity index (χ1) is 16.0. The Morgan fingerprint density at radius 1 is 1.18 bits per heavy atom. The summed E-state index contributed by atoms with van der Waals surface area (Å²) in [6.45, 7) is 0.421. The van der Waals surface area contributed by atoms with E-state index < -0.39 is 11.6 Å². The van der Waals surface area contributed by atoms with Gasteiger partial charge in [-0.3, -0.25) is 4.79 Å². The van der Waals surface area contributed by atoms with Gasteiger partial charge in [0, 0.05) is 29.4 Å². The molecule has 0 radical (unpaired) electrons. The fourth-order valence-electron chi connectivity index (χ4n) is 4.28. The van der Waals surface area contributed by atoms with Crippen molar-refractivity contribution in [3.63, 3.8) is 0 Å². The molecule has 170 valence electrons. The van der Waals surface area contributed by atoms with Gasteiger partial charge in [0.1, 0.15) is 16.8 Å². The largest absolute Gasteiger partial charge is 0.445 e. The summed E-state index contributed by atoms with van der Waals surface area (Å²) >= 11 is 3.30. The van der Waals surface area contributed by atoms with Crippen molar-refractivity contribution in [2.75, 3.05) is 6.54 Å². The lowest BCUT2D eigenvalue weighted by Crippen LogP contribution is -2.51. The van der Waals surface area contributed by atoms with E-state index in [4.69, 9.17) is 9.57 Å². The number of carbonyl (C=O) groups excluding carboxylic acids is 2. The molecule has 3 aromatic rings. The van der Waals surface area contributed by atoms with Gasteiger partial charge in [-0.2, -0.15) is 0 Å². The van der Waals surface area contributed by atoms with Crippen LogP contribution >= 0.6 is 15.9 Å². The van der Waals surface area contributed by atoms with Crippen LogP contribution < -0.4 is 10.6 Å². The van der Waals surface area contributed by atoms with Crippen LogP contribution in [0.4, 0.5) is 4.79 Å². The van der Waals surface area contributed by atoms with E-state index in [-0.39, 0.29) is 24.5 Å². The molecule has 1 aliphatic heterocycles. The Bertz CT molecular complexity index is 1210. The molecule has 3 N–H and O–H groups in total. The standard InChI is InChI=1S/C24H23BrN4O4/c25-21-10-16(33-29-21)12-27-22(30)24(28-23(31)32-14-15-6-2-1-3-7-15)11-19(24)18-13-26-20-9-5-4-8-17(18)20/h1-9,13,16,19,26H,10-12,14H2,(H,27,30)(H,28,31)/t16?,19-,24?/m0/s1. The van der Waals surface area contributed by atoms with Gasteiger partial charge in [-0.1, -0.05) is 53.7 Å². The monoisotopic (exact) mass is 510 g/mol. The van der Waals surface area contributed by atoms with Gasteiger partial charge in [-0.25, -0.2) is 4.79 Å². The number of benzene rings is 2. The quantitative estimate of drug-likeness (QED) is 0.447. The summed E-state index contributed by atoms with van der Waals surface area (Å²) in [7, 11) is 0. The second-order valence-corrected chi connectivity index (χ2v) is 9.23. The Balaban J connectivity index is 1.31. The highest BCUT2D eigenvalue weighted by Gasteiger charge is 2.62. The smallest absolute Gasteiger partial charge is 0.408 e. The van der Waals surface area contributed by atoms with E-state index in [1.54, 1.807) is 0 Å². The average Bonchev–Trinajstić information content (AvgIpc) is 3.16. The zero-order valence-corrected chi connectivity index (χ0v) is 19.3. The number of amides is 2. The van der Waals surface area contributed by atoms with Crippen LogP contribution in [0.25, 0.3) is 10.9 Å². The van der Waals surface area contributed by atoms with Crippen molar-refractivity contribution in [1.29, 1.82) is 0 Å². The fourth-order valence-corrected chi connectivity index (χ4v) is 4.72. The molecule has 0 spiro atoms. The van der Waals surface area contributed by atoms with Crippen LogP contribution in [0.15, 0.2) is 65.9 Å². The lowest BCUT2D eigenvalue weighted by molar-refractivity contribution is -0.124. The Hall–Kier alpha value is -3.33. The third-order valence-electron chi connectivity index (χ3n) is 6.09. The first kappa shape index (κ1) is 21.5. The lowest BCUT2D eigenvalue weighted by Gasteiger charge is -2.20. The van der Waals surface area contributed by atoms with Gasteiger partial charge in [0.2, 0.25) is 5.91 Å². The topological polar surface area (TPSA) is 105 Å². The lowest BCUT2D eigenvalue weighted by atomic mass is 10.0. The maximum atomic E-state index is 13.3. The second kappa shape index (κ2) is 8.90. The number of ether oxygens (including phenoxy) is 1. The van der Waals surface area contributed by atoms with Crippen LogP contribution in [-0.4, -0.2) is 39.8 Å². The van der Waals surface area contributed by atoms with E-state index >= 15 is 0 Å². The molecule has 8 nitrogen and oxygen atoms in total. The van der Waals surface area contributed by atoms with Crippen molar-refractivity contribution < 1.29 is 19.2 Å². The van der Waals surface area contributed by atoms with Gasteiger partial charge in [0.25, 0.3) is 0 Å². The van der Waals surface area contributed by atoms with E-state index in [1.807, 2.05) is 60.8 Å². The predicted octanol–water partition coefficient (Wildman–Crippen LogP) is 3.93. The third-order valence-corrected chi connectivity index (χ3v) is 6.56. The molecule has 2 amide bonds. The van der Waals surface area contributed by atoms with Gasteiger partial charge >= 0.3 is 6.09 Å². The highest BCUT2D eigenvalue weighted by molar-refractivity contribution is 9.18. The Morgan fingerprint density at radius 3 is 2.76 bits per heavy atom. The maximum absolute atomic E-state index is 13.3. The zero-order valence-electron chi connectivity index (χ0n) is 17.7. The van der Waals surface area contributed by atoms with E-state index in [0.29, 0.717) is 24.0 Å². The van der Waals surface area contributed by atoms with Crippen molar-refractivity contribution in [1.82, 2.24) is 15.6 Å². The number of aromatic amines is 1. The molecular formula is C24H23BrN4O4. The molecule has 1 aromatic heterocycles. The zero-order chi connectivity index (χ0) is 22.8. The molecule has 33 heavy (non-hydrogen) atoms. The van der Waals surface area contributed by atoms with Crippen LogP contribution in [0.2, 0.25) is 0 Å². The summed E-state index contributed by atoms with van der Waals surface area (Å²) in [5, 5.41) is 10.7. The second-order valence-electron chi connectivity index (χ2n) is 8.31. The number of para-hydroxylation sites is 1. The molecule has 3 atom stereocenters. The number of alkyl carbamates (subject to hydrolysis) is 1.